The van der Waals surface area contributed by atoms with Crippen molar-refractivity contribution in [2.75, 3.05) is 40.5 Å². The minimum Gasteiger partial charge on any atom is -0.481 e. The van der Waals surface area contributed by atoms with E-state index in [1.165, 1.54) is 0 Å². The van der Waals surface area contributed by atoms with Crippen molar-refractivity contribution >= 4 is 11.9 Å². The zero-order valence-electron chi connectivity index (χ0n) is 11.6. The number of hydrogen-bond acceptors (Lipinski definition) is 4. The first-order valence-corrected chi connectivity index (χ1v) is 6.61. The lowest BCUT2D eigenvalue weighted by molar-refractivity contribution is -0.157. The molecule has 0 aromatic heterocycles. The molecule has 1 amide bonds. The highest BCUT2D eigenvalue weighted by Gasteiger charge is 2.42. The van der Waals surface area contributed by atoms with E-state index in [0.29, 0.717) is 39.1 Å². The van der Waals surface area contributed by atoms with E-state index in [4.69, 9.17) is 14.6 Å². The van der Waals surface area contributed by atoms with Crippen LogP contribution in [0.15, 0.2) is 0 Å². The Kier molecular flexibility index (Phi) is 6.80. The number of methoxy groups -OCH3 is 2. The molecule has 6 heteroatoms. The maximum atomic E-state index is 12.3. The highest BCUT2D eigenvalue weighted by Crippen LogP contribution is 2.35. The highest BCUT2D eigenvalue weighted by atomic mass is 16.5. The largest absolute Gasteiger partial charge is 0.481 e. The van der Waals surface area contributed by atoms with Gasteiger partial charge >= 0.3 is 5.97 Å². The summed E-state index contributed by atoms with van der Waals surface area (Å²) in [5.41, 5.74) is 0. The van der Waals surface area contributed by atoms with Gasteiger partial charge in [-0.25, -0.2) is 0 Å². The fourth-order valence-corrected chi connectivity index (χ4v) is 2.26. The van der Waals surface area contributed by atoms with Crippen molar-refractivity contribution in [3.8, 4) is 0 Å². The molecule has 0 spiro atoms. The van der Waals surface area contributed by atoms with E-state index in [2.05, 4.69) is 0 Å². The van der Waals surface area contributed by atoms with E-state index >= 15 is 0 Å². The van der Waals surface area contributed by atoms with Crippen LogP contribution in [-0.4, -0.2) is 62.4 Å². The van der Waals surface area contributed by atoms with Crippen molar-refractivity contribution in [2.24, 2.45) is 11.8 Å². The lowest BCUT2D eigenvalue weighted by Crippen LogP contribution is -2.47. The number of amides is 1. The van der Waals surface area contributed by atoms with Crippen LogP contribution in [0.2, 0.25) is 0 Å². The second-order valence-corrected chi connectivity index (χ2v) is 4.79. The zero-order chi connectivity index (χ0) is 14.3. The summed E-state index contributed by atoms with van der Waals surface area (Å²) < 4.78 is 9.97. The van der Waals surface area contributed by atoms with Crippen LogP contribution in [0.4, 0.5) is 0 Å². The Balaban J connectivity index is 2.52. The summed E-state index contributed by atoms with van der Waals surface area (Å²) in [5.74, 6) is -1.81. The molecule has 0 aromatic rings. The Labute approximate surface area is 113 Å². The van der Waals surface area contributed by atoms with E-state index < -0.39 is 11.9 Å². The number of rotatable bonds is 9. The second-order valence-electron chi connectivity index (χ2n) is 4.79. The molecule has 19 heavy (non-hydrogen) atoms. The van der Waals surface area contributed by atoms with Gasteiger partial charge in [-0.05, 0) is 19.3 Å². The number of hydrogen-bond donors (Lipinski definition) is 1. The predicted octanol–water partition coefficient (Wildman–Crippen LogP) is 0.609. The number of nitrogens with zero attached hydrogens (tertiary/aromatic N) is 1. The van der Waals surface area contributed by atoms with Crippen molar-refractivity contribution in [2.45, 2.75) is 19.3 Å². The quantitative estimate of drug-likeness (QED) is 0.623. The van der Waals surface area contributed by atoms with Gasteiger partial charge in [-0.3, -0.25) is 9.59 Å². The number of aliphatic carboxylic acids is 1. The molecule has 1 fully saturated rings. The highest BCUT2D eigenvalue weighted by molar-refractivity contribution is 5.86. The van der Waals surface area contributed by atoms with Gasteiger partial charge in [-0.15, -0.1) is 0 Å². The molecule has 1 saturated carbocycles. The molecule has 0 aromatic carbocycles. The molecule has 1 aliphatic rings. The Bertz CT molecular complexity index is 307. The summed E-state index contributed by atoms with van der Waals surface area (Å²) in [6.45, 7) is 2.13. The summed E-state index contributed by atoms with van der Waals surface area (Å²) in [5, 5.41) is 9.01. The normalized spacial score (nSPS) is 21.8. The molecule has 0 heterocycles. The van der Waals surface area contributed by atoms with Crippen LogP contribution in [0.1, 0.15) is 19.3 Å². The number of ether oxygens (including phenoxy) is 2. The van der Waals surface area contributed by atoms with Crippen LogP contribution < -0.4 is 0 Å². The van der Waals surface area contributed by atoms with Crippen molar-refractivity contribution in [3.05, 3.63) is 0 Å². The van der Waals surface area contributed by atoms with Crippen LogP contribution in [-0.2, 0) is 19.1 Å². The summed E-state index contributed by atoms with van der Waals surface area (Å²) in [6, 6.07) is 0. The molecule has 2 unspecified atom stereocenters. The molecular weight excluding hydrogens is 250 g/mol. The van der Waals surface area contributed by atoms with E-state index in [0.717, 1.165) is 6.42 Å². The number of carbonyl (C=O) groups is 2. The first-order chi connectivity index (χ1) is 9.11. The van der Waals surface area contributed by atoms with Crippen LogP contribution in [0.5, 0.6) is 0 Å². The Morgan fingerprint density at radius 3 is 2.21 bits per heavy atom. The second kappa shape index (κ2) is 8.12. The third-order valence-corrected chi connectivity index (χ3v) is 3.56. The maximum absolute atomic E-state index is 12.3. The summed E-state index contributed by atoms with van der Waals surface area (Å²) in [4.78, 5) is 25.0. The van der Waals surface area contributed by atoms with Crippen LogP contribution in [0, 0.1) is 11.8 Å². The van der Waals surface area contributed by atoms with Gasteiger partial charge in [0.05, 0.1) is 18.4 Å². The first kappa shape index (κ1) is 15.9. The molecule has 0 radical (unpaired) electrons. The Morgan fingerprint density at radius 2 is 1.74 bits per heavy atom. The van der Waals surface area contributed by atoms with Gasteiger partial charge in [0.2, 0.25) is 5.91 Å². The molecule has 0 saturated heterocycles. The average Bonchev–Trinajstić information content (AvgIpc) is 2.31. The molecule has 6 nitrogen and oxygen atoms in total. The Morgan fingerprint density at radius 1 is 1.11 bits per heavy atom. The summed E-state index contributed by atoms with van der Waals surface area (Å²) in [7, 11) is 3.20. The molecule has 1 aliphatic carbocycles. The Hall–Kier alpha value is -1.14. The van der Waals surface area contributed by atoms with Crippen LogP contribution in [0.25, 0.3) is 0 Å². The molecule has 0 bridgehead atoms. The fourth-order valence-electron chi connectivity index (χ4n) is 2.26. The molecule has 0 aliphatic heterocycles. The minimum atomic E-state index is -0.867. The van der Waals surface area contributed by atoms with Crippen molar-refractivity contribution in [1.29, 1.82) is 0 Å². The van der Waals surface area contributed by atoms with Crippen molar-refractivity contribution in [1.82, 2.24) is 4.90 Å². The number of carboxylic acids is 1. The lowest BCUT2D eigenvalue weighted by Gasteiger charge is -2.36. The minimum absolute atomic E-state index is 0.0631. The lowest BCUT2D eigenvalue weighted by atomic mass is 9.73. The molecule has 2 atom stereocenters. The van der Waals surface area contributed by atoms with Gasteiger partial charge in [0.1, 0.15) is 0 Å². The molecule has 1 N–H and O–H groups in total. The van der Waals surface area contributed by atoms with Gasteiger partial charge < -0.3 is 19.5 Å². The van der Waals surface area contributed by atoms with Gasteiger partial charge in [0, 0.05) is 33.9 Å². The van der Waals surface area contributed by atoms with Gasteiger partial charge in [0.15, 0.2) is 0 Å². The maximum Gasteiger partial charge on any atom is 0.307 e. The van der Waals surface area contributed by atoms with Crippen LogP contribution in [0.3, 0.4) is 0 Å². The zero-order valence-corrected chi connectivity index (χ0v) is 11.6. The van der Waals surface area contributed by atoms with E-state index in [-0.39, 0.29) is 11.8 Å². The third kappa shape index (κ3) is 4.47. The van der Waals surface area contributed by atoms with Gasteiger partial charge in [0.25, 0.3) is 0 Å². The summed E-state index contributed by atoms with van der Waals surface area (Å²) in [6.07, 6.45) is 2.02. The van der Waals surface area contributed by atoms with Gasteiger partial charge in [-0.1, -0.05) is 0 Å². The SMILES string of the molecule is COCCCN(CCOC)C(=O)C1CCC1C(=O)O. The van der Waals surface area contributed by atoms with Gasteiger partial charge in [-0.2, -0.15) is 0 Å². The van der Waals surface area contributed by atoms with E-state index in [1.54, 1.807) is 19.1 Å². The van der Waals surface area contributed by atoms with Crippen LogP contribution >= 0.6 is 0 Å². The monoisotopic (exact) mass is 273 g/mol. The number of carboxylic acid groups (broad SMARTS) is 1. The average molecular weight is 273 g/mol. The van der Waals surface area contributed by atoms with E-state index in [1.807, 2.05) is 0 Å². The smallest absolute Gasteiger partial charge is 0.307 e. The van der Waals surface area contributed by atoms with Crippen molar-refractivity contribution < 1.29 is 24.2 Å². The standard InChI is InChI=1S/C13H23NO5/c1-18-8-3-6-14(7-9-19-2)12(15)10-4-5-11(10)13(16)17/h10-11H,3-9H2,1-2H3,(H,16,17). The predicted molar refractivity (Wildman–Crippen MR) is 68.8 cm³/mol. The molecule has 110 valence electrons. The third-order valence-electron chi connectivity index (χ3n) is 3.56. The number of carbonyl (C=O) groups excluding carboxylic acids is 1. The first-order valence-electron chi connectivity index (χ1n) is 6.61. The van der Waals surface area contributed by atoms with E-state index in [9.17, 15) is 9.59 Å². The molecule has 1 rings (SSSR count). The molecular formula is C13H23NO5. The van der Waals surface area contributed by atoms with Crippen molar-refractivity contribution in [3.63, 3.8) is 0 Å². The fraction of sp³-hybridized carbons (Fsp3) is 0.846. The summed E-state index contributed by atoms with van der Waals surface area (Å²) >= 11 is 0. The topological polar surface area (TPSA) is 76.1 Å².